The van der Waals surface area contributed by atoms with Crippen LogP contribution in [0.1, 0.15) is 30.9 Å². The molecule has 0 radical (unpaired) electrons. The fourth-order valence-corrected chi connectivity index (χ4v) is 4.45. The maximum Gasteiger partial charge on any atom is 0.155 e. The van der Waals surface area contributed by atoms with Crippen LogP contribution in [0.15, 0.2) is 24.3 Å². The summed E-state index contributed by atoms with van der Waals surface area (Å²) in [5.74, 6) is 0.263. The molecule has 0 amide bonds. The lowest BCUT2D eigenvalue weighted by molar-refractivity contribution is 0.505. The van der Waals surface area contributed by atoms with Crippen LogP contribution in [0.5, 0.6) is 0 Å². The Morgan fingerprint density at radius 1 is 1.24 bits per heavy atom. The van der Waals surface area contributed by atoms with Crippen LogP contribution in [0.4, 0.5) is 0 Å². The topological polar surface area (TPSA) is 60.2 Å². The molecule has 2 unspecified atom stereocenters. The van der Waals surface area contributed by atoms with Crippen molar-refractivity contribution in [3.8, 4) is 0 Å². The van der Waals surface area contributed by atoms with E-state index in [1.54, 1.807) is 24.3 Å². The summed E-state index contributed by atoms with van der Waals surface area (Å²) < 4.78 is 23.9. The second-order valence-corrected chi connectivity index (χ2v) is 7.25. The predicted molar refractivity (Wildman–Crippen MR) is 69.8 cm³/mol. The van der Waals surface area contributed by atoms with Gasteiger partial charge in [-0.05, 0) is 30.5 Å². The van der Waals surface area contributed by atoms with Crippen molar-refractivity contribution in [3.63, 3.8) is 0 Å². The Labute approximate surface area is 107 Å². The Morgan fingerprint density at radius 3 is 2.47 bits per heavy atom. The molecule has 0 spiro atoms. The van der Waals surface area contributed by atoms with Crippen LogP contribution in [0.2, 0.25) is 5.02 Å². The molecule has 5 heteroatoms. The van der Waals surface area contributed by atoms with Crippen LogP contribution in [0.25, 0.3) is 0 Å². The van der Waals surface area contributed by atoms with Gasteiger partial charge in [-0.1, -0.05) is 30.2 Å². The zero-order valence-corrected chi connectivity index (χ0v) is 11.0. The minimum atomic E-state index is -3.04. The van der Waals surface area contributed by atoms with E-state index in [9.17, 15) is 8.42 Å². The third kappa shape index (κ3) is 2.81. The Balaban J connectivity index is 2.24. The smallest absolute Gasteiger partial charge is 0.155 e. The highest BCUT2D eigenvalue weighted by Crippen LogP contribution is 2.29. The van der Waals surface area contributed by atoms with E-state index in [4.69, 9.17) is 17.3 Å². The van der Waals surface area contributed by atoms with Crippen molar-refractivity contribution in [2.45, 2.75) is 30.6 Å². The van der Waals surface area contributed by atoms with Gasteiger partial charge in [0.25, 0.3) is 0 Å². The van der Waals surface area contributed by atoms with E-state index in [-0.39, 0.29) is 5.75 Å². The molecule has 0 saturated carbocycles. The van der Waals surface area contributed by atoms with Crippen molar-refractivity contribution < 1.29 is 8.42 Å². The molecule has 2 rings (SSSR count). The minimum Gasteiger partial charge on any atom is -0.323 e. The lowest BCUT2D eigenvalue weighted by Gasteiger charge is -2.27. The first-order valence-corrected chi connectivity index (χ1v) is 7.83. The third-order valence-corrected chi connectivity index (χ3v) is 5.85. The van der Waals surface area contributed by atoms with Gasteiger partial charge in [-0.25, -0.2) is 8.42 Å². The predicted octanol–water partition coefficient (Wildman–Crippen LogP) is 2.31. The fourth-order valence-electron chi connectivity index (χ4n) is 2.28. The van der Waals surface area contributed by atoms with E-state index in [0.29, 0.717) is 11.4 Å². The summed E-state index contributed by atoms with van der Waals surface area (Å²) in [5.41, 5.74) is 6.91. The number of hydrogen-bond acceptors (Lipinski definition) is 3. The molecule has 1 heterocycles. The Morgan fingerprint density at radius 2 is 1.88 bits per heavy atom. The molecule has 2 N–H and O–H groups in total. The fraction of sp³-hybridized carbons (Fsp3) is 0.500. The molecule has 17 heavy (non-hydrogen) atoms. The average Bonchev–Trinajstić information content (AvgIpc) is 2.28. The minimum absolute atomic E-state index is 0.263. The summed E-state index contributed by atoms with van der Waals surface area (Å²) in [6.07, 6.45) is 2.35. The molecule has 1 fully saturated rings. The number of nitrogens with two attached hydrogens (primary N) is 1. The van der Waals surface area contributed by atoms with Crippen molar-refractivity contribution >= 4 is 21.4 Å². The highest BCUT2D eigenvalue weighted by Gasteiger charge is 2.34. The standard InChI is InChI=1S/C12H16ClNO2S/c13-10-6-4-9(5-7-10)12(14)11-3-1-2-8-17(11,15)16/h4-7,11-12H,1-3,8,14H2. The average molecular weight is 274 g/mol. The molecule has 1 saturated heterocycles. The zero-order chi connectivity index (χ0) is 12.5. The maximum atomic E-state index is 12.0. The molecule has 0 aliphatic carbocycles. The van der Waals surface area contributed by atoms with Gasteiger partial charge in [0.05, 0.1) is 11.0 Å². The van der Waals surface area contributed by atoms with Crippen LogP contribution >= 0.6 is 11.6 Å². The highest BCUT2D eigenvalue weighted by molar-refractivity contribution is 7.92. The summed E-state index contributed by atoms with van der Waals surface area (Å²) in [6.45, 7) is 0. The van der Waals surface area contributed by atoms with Crippen LogP contribution in [-0.2, 0) is 9.84 Å². The summed E-state index contributed by atoms with van der Waals surface area (Å²) >= 11 is 5.80. The van der Waals surface area contributed by atoms with E-state index in [1.807, 2.05) is 0 Å². The number of halogens is 1. The molecule has 2 atom stereocenters. The first-order valence-electron chi connectivity index (χ1n) is 5.73. The molecule has 1 aromatic rings. The summed E-state index contributed by atoms with van der Waals surface area (Å²) in [6, 6.07) is 6.64. The van der Waals surface area contributed by atoms with Gasteiger partial charge in [0.1, 0.15) is 0 Å². The SMILES string of the molecule is NC(c1ccc(Cl)cc1)C1CCCCS1(=O)=O. The quantitative estimate of drug-likeness (QED) is 0.899. The first kappa shape index (κ1) is 12.9. The van der Waals surface area contributed by atoms with E-state index < -0.39 is 21.1 Å². The molecular weight excluding hydrogens is 258 g/mol. The second-order valence-electron chi connectivity index (χ2n) is 4.48. The van der Waals surface area contributed by atoms with Crippen LogP contribution < -0.4 is 5.73 Å². The normalized spacial score (nSPS) is 25.4. The van der Waals surface area contributed by atoms with Crippen molar-refractivity contribution in [1.29, 1.82) is 0 Å². The third-order valence-electron chi connectivity index (χ3n) is 3.28. The van der Waals surface area contributed by atoms with Crippen molar-refractivity contribution in [2.24, 2.45) is 5.73 Å². The van der Waals surface area contributed by atoms with Crippen LogP contribution in [0, 0.1) is 0 Å². The lowest BCUT2D eigenvalue weighted by atomic mass is 10.0. The van der Waals surface area contributed by atoms with Crippen LogP contribution in [-0.4, -0.2) is 19.4 Å². The first-order chi connectivity index (χ1) is 8.00. The molecular formula is C12H16ClNO2S. The largest absolute Gasteiger partial charge is 0.323 e. The number of rotatable bonds is 2. The molecule has 3 nitrogen and oxygen atoms in total. The second kappa shape index (κ2) is 4.96. The van der Waals surface area contributed by atoms with Gasteiger partial charge in [-0.3, -0.25) is 0 Å². The lowest BCUT2D eigenvalue weighted by Crippen LogP contribution is -2.37. The van der Waals surface area contributed by atoms with Gasteiger partial charge in [0, 0.05) is 11.1 Å². The molecule has 0 bridgehead atoms. The Hall–Kier alpha value is -0.580. The van der Waals surface area contributed by atoms with Gasteiger partial charge in [-0.15, -0.1) is 0 Å². The van der Waals surface area contributed by atoms with Crippen molar-refractivity contribution in [1.82, 2.24) is 0 Å². The van der Waals surface area contributed by atoms with E-state index >= 15 is 0 Å². The van der Waals surface area contributed by atoms with Gasteiger partial charge >= 0.3 is 0 Å². The van der Waals surface area contributed by atoms with Crippen molar-refractivity contribution in [3.05, 3.63) is 34.9 Å². The van der Waals surface area contributed by atoms with E-state index in [1.165, 1.54) is 0 Å². The zero-order valence-electron chi connectivity index (χ0n) is 9.47. The molecule has 1 aromatic carbocycles. The number of hydrogen-bond donors (Lipinski definition) is 1. The van der Waals surface area contributed by atoms with Gasteiger partial charge in [-0.2, -0.15) is 0 Å². The Kier molecular flexibility index (Phi) is 3.76. The highest BCUT2D eigenvalue weighted by atomic mass is 35.5. The number of benzene rings is 1. The van der Waals surface area contributed by atoms with E-state index in [0.717, 1.165) is 18.4 Å². The van der Waals surface area contributed by atoms with Gasteiger partial charge in [0.2, 0.25) is 0 Å². The van der Waals surface area contributed by atoms with Crippen LogP contribution in [0.3, 0.4) is 0 Å². The Bertz CT molecular complexity index is 484. The molecule has 0 aromatic heterocycles. The summed E-state index contributed by atoms with van der Waals surface area (Å²) in [7, 11) is -3.04. The molecule has 94 valence electrons. The monoisotopic (exact) mass is 273 g/mol. The maximum absolute atomic E-state index is 12.0. The molecule has 1 aliphatic heterocycles. The summed E-state index contributed by atoms with van der Waals surface area (Å²) in [4.78, 5) is 0. The molecule has 1 aliphatic rings. The van der Waals surface area contributed by atoms with Gasteiger partial charge < -0.3 is 5.73 Å². The van der Waals surface area contributed by atoms with Crippen molar-refractivity contribution in [2.75, 3.05) is 5.75 Å². The number of sulfone groups is 1. The van der Waals surface area contributed by atoms with E-state index in [2.05, 4.69) is 0 Å². The van der Waals surface area contributed by atoms with Gasteiger partial charge in [0.15, 0.2) is 9.84 Å². The summed E-state index contributed by atoms with van der Waals surface area (Å²) in [5, 5.41) is 0.185.